The first kappa shape index (κ1) is 12.0. The summed E-state index contributed by atoms with van der Waals surface area (Å²) in [5.41, 5.74) is 4.02. The molecule has 0 aromatic carbocycles. The zero-order valence-electron chi connectivity index (χ0n) is 10.9. The molecule has 0 saturated heterocycles. The minimum Gasteiger partial charge on any atom is -0.359 e. The van der Waals surface area contributed by atoms with E-state index in [0.717, 1.165) is 18.9 Å². The van der Waals surface area contributed by atoms with Gasteiger partial charge >= 0.3 is 0 Å². The summed E-state index contributed by atoms with van der Waals surface area (Å²) in [5, 5.41) is 10.9. The van der Waals surface area contributed by atoms with Crippen LogP contribution in [0.15, 0.2) is 4.99 Å². The highest BCUT2D eigenvalue weighted by Gasteiger charge is 2.18. The van der Waals surface area contributed by atoms with Gasteiger partial charge in [0.2, 0.25) is 0 Å². The quantitative estimate of drug-likeness (QED) is 0.583. The number of aromatic nitrogens is 2. The van der Waals surface area contributed by atoms with E-state index < -0.39 is 0 Å². The molecule has 0 fully saturated rings. The van der Waals surface area contributed by atoms with Gasteiger partial charge in [0.1, 0.15) is 0 Å². The number of nitrogens with zero attached hydrogens (tertiary/aromatic N) is 3. The maximum absolute atomic E-state index is 4.60. The van der Waals surface area contributed by atoms with Crippen LogP contribution in [0.1, 0.15) is 29.8 Å². The summed E-state index contributed by atoms with van der Waals surface area (Å²) in [6, 6.07) is 0. The molecule has 0 unspecified atom stereocenters. The molecular formula is C12H21N5. The number of hydrogen-bond acceptors (Lipinski definition) is 2. The predicted molar refractivity (Wildman–Crippen MR) is 69.1 cm³/mol. The largest absolute Gasteiger partial charge is 0.359 e. The van der Waals surface area contributed by atoms with Crippen LogP contribution in [-0.4, -0.2) is 29.8 Å². The second kappa shape index (κ2) is 5.21. The Morgan fingerprint density at radius 2 is 2.18 bits per heavy atom. The molecule has 1 aliphatic rings. The Morgan fingerprint density at radius 1 is 1.41 bits per heavy atom. The van der Waals surface area contributed by atoms with Gasteiger partial charge in [-0.25, -0.2) is 0 Å². The summed E-state index contributed by atoms with van der Waals surface area (Å²) in [7, 11) is 5.67. The summed E-state index contributed by atoms with van der Waals surface area (Å²) in [6.45, 7) is 0.784. The molecule has 17 heavy (non-hydrogen) atoms. The van der Waals surface area contributed by atoms with Gasteiger partial charge in [0.05, 0.1) is 17.9 Å². The van der Waals surface area contributed by atoms with Gasteiger partial charge in [0, 0.05) is 21.1 Å². The highest BCUT2D eigenvalue weighted by molar-refractivity contribution is 5.79. The van der Waals surface area contributed by atoms with E-state index in [-0.39, 0.29) is 0 Å². The zero-order valence-corrected chi connectivity index (χ0v) is 10.9. The molecule has 2 rings (SSSR count). The van der Waals surface area contributed by atoms with Gasteiger partial charge in [-0.15, -0.1) is 0 Å². The van der Waals surface area contributed by atoms with Crippen LogP contribution in [0.3, 0.4) is 0 Å². The van der Waals surface area contributed by atoms with Crippen molar-refractivity contribution < 1.29 is 0 Å². The van der Waals surface area contributed by atoms with Gasteiger partial charge < -0.3 is 10.6 Å². The minimum absolute atomic E-state index is 0.784. The smallest absolute Gasteiger partial charge is 0.191 e. The Labute approximate surface area is 102 Å². The third-order valence-corrected chi connectivity index (χ3v) is 3.33. The molecular weight excluding hydrogens is 214 g/mol. The van der Waals surface area contributed by atoms with E-state index in [1.54, 1.807) is 7.05 Å². The van der Waals surface area contributed by atoms with Gasteiger partial charge in [-0.3, -0.25) is 9.67 Å². The predicted octanol–water partition coefficient (Wildman–Crippen LogP) is 0.594. The Morgan fingerprint density at radius 3 is 2.88 bits per heavy atom. The molecule has 0 saturated carbocycles. The average Bonchev–Trinajstić information content (AvgIpc) is 2.67. The number of rotatable bonds is 2. The third-order valence-electron chi connectivity index (χ3n) is 3.33. The molecule has 0 atom stereocenters. The lowest BCUT2D eigenvalue weighted by molar-refractivity contribution is 0.663. The number of nitrogens with one attached hydrogen (secondary N) is 2. The molecule has 1 aromatic rings. The van der Waals surface area contributed by atoms with Gasteiger partial charge in [-0.05, 0) is 31.2 Å². The standard InChI is InChI=1S/C12H21N5/c1-13-12(14-2)15-8-11-9-6-4-5-7-10(9)16-17(11)3/h4-8H2,1-3H3,(H2,13,14,15). The average molecular weight is 235 g/mol. The first-order valence-electron chi connectivity index (χ1n) is 6.18. The maximum atomic E-state index is 4.60. The van der Waals surface area contributed by atoms with Crippen LogP contribution >= 0.6 is 0 Å². The van der Waals surface area contributed by atoms with Crippen LogP contribution in [0.2, 0.25) is 0 Å². The summed E-state index contributed by atoms with van der Waals surface area (Å²) in [6.07, 6.45) is 4.85. The van der Waals surface area contributed by atoms with E-state index in [1.165, 1.54) is 36.2 Å². The van der Waals surface area contributed by atoms with E-state index in [9.17, 15) is 0 Å². The van der Waals surface area contributed by atoms with E-state index in [2.05, 4.69) is 20.7 Å². The van der Waals surface area contributed by atoms with Crippen molar-refractivity contribution in [2.45, 2.75) is 32.2 Å². The summed E-state index contributed by atoms with van der Waals surface area (Å²) >= 11 is 0. The Hall–Kier alpha value is -1.52. The lowest BCUT2D eigenvalue weighted by Crippen LogP contribution is -2.34. The number of aliphatic imine (C=N–C) groups is 1. The SMILES string of the molecule is CN=C(NC)NCc1c2c(nn1C)CCCC2. The number of aryl methyl sites for hydroxylation is 2. The number of fused-ring (bicyclic) bond motifs is 1. The lowest BCUT2D eigenvalue weighted by atomic mass is 9.96. The van der Waals surface area contributed by atoms with E-state index in [4.69, 9.17) is 0 Å². The van der Waals surface area contributed by atoms with Gasteiger partial charge in [0.15, 0.2) is 5.96 Å². The molecule has 0 amide bonds. The van der Waals surface area contributed by atoms with Crippen LogP contribution < -0.4 is 10.6 Å². The van der Waals surface area contributed by atoms with Crippen LogP contribution in [0.5, 0.6) is 0 Å². The molecule has 94 valence electrons. The highest BCUT2D eigenvalue weighted by atomic mass is 15.3. The summed E-state index contributed by atoms with van der Waals surface area (Å²) in [5.74, 6) is 0.816. The Bertz CT molecular complexity index is 419. The number of hydrogen-bond donors (Lipinski definition) is 2. The normalized spacial score (nSPS) is 15.6. The van der Waals surface area contributed by atoms with E-state index >= 15 is 0 Å². The van der Waals surface area contributed by atoms with Crippen LogP contribution in [-0.2, 0) is 26.4 Å². The van der Waals surface area contributed by atoms with Gasteiger partial charge in [-0.2, -0.15) is 5.10 Å². The molecule has 0 spiro atoms. The molecule has 1 aromatic heterocycles. The molecule has 5 nitrogen and oxygen atoms in total. The molecule has 0 radical (unpaired) electrons. The fourth-order valence-electron chi connectivity index (χ4n) is 2.42. The molecule has 0 bridgehead atoms. The summed E-state index contributed by atoms with van der Waals surface area (Å²) < 4.78 is 2.01. The fourth-order valence-corrected chi connectivity index (χ4v) is 2.42. The van der Waals surface area contributed by atoms with Crippen molar-refractivity contribution in [3.05, 3.63) is 17.0 Å². The molecule has 1 heterocycles. The first-order chi connectivity index (χ1) is 8.26. The van der Waals surface area contributed by atoms with Gasteiger partial charge in [-0.1, -0.05) is 0 Å². The molecule has 0 aliphatic heterocycles. The zero-order chi connectivity index (χ0) is 12.3. The first-order valence-corrected chi connectivity index (χ1v) is 6.18. The molecule has 5 heteroatoms. The second-order valence-corrected chi connectivity index (χ2v) is 4.38. The van der Waals surface area contributed by atoms with Crippen LogP contribution in [0.25, 0.3) is 0 Å². The van der Waals surface area contributed by atoms with Crippen molar-refractivity contribution in [2.75, 3.05) is 14.1 Å². The lowest BCUT2D eigenvalue weighted by Gasteiger charge is -2.13. The van der Waals surface area contributed by atoms with E-state index in [1.807, 2.05) is 18.8 Å². The van der Waals surface area contributed by atoms with Crippen LogP contribution in [0.4, 0.5) is 0 Å². The number of guanidine groups is 1. The summed E-state index contributed by atoms with van der Waals surface area (Å²) in [4.78, 5) is 4.11. The van der Waals surface area contributed by atoms with Crippen molar-refractivity contribution in [1.82, 2.24) is 20.4 Å². The maximum Gasteiger partial charge on any atom is 0.191 e. The van der Waals surface area contributed by atoms with Gasteiger partial charge in [0.25, 0.3) is 0 Å². The Kier molecular flexibility index (Phi) is 3.66. The van der Waals surface area contributed by atoms with Crippen molar-refractivity contribution in [3.8, 4) is 0 Å². The monoisotopic (exact) mass is 235 g/mol. The molecule has 1 aliphatic carbocycles. The Balaban J connectivity index is 2.13. The van der Waals surface area contributed by atoms with Crippen molar-refractivity contribution in [2.24, 2.45) is 12.0 Å². The topological polar surface area (TPSA) is 54.2 Å². The fraction of sp³-hybridized carbons (Fsp3) is 0.667. The highest BCUT2D eigenvalue weighted by Crippen LogP contribution is 2.23. The minimum atomic E-state index is 0.784. The molecule has 2 N–H and O–H groups in total. The van der Waals surface area contributed by atoms with Crippen LogP contribution in [0, 0.1) is 0 Å². The van der Waals surface area contributed by atoms with Crippen molar-refractivity contribution in [3.63, 3.8) is 0 Å². The third kappa shape index (κ3) is 2.43. The van der Waals surface area contributed by atoms with Crippen molar-refractivity contribution in [1.29, 1.82) is 0 Å². The second-order valence-electron chi connectivity index (χ2n) is 4.38. The van der Waals surface area contributed by atoms with E-state index in [0.29, 0.717) is 0 Å². The van der Waals surface area contributed by atoms with Crippen molar-refractivity contribution >= 4 is 5.96 Å².